The molecule has 2 aromatic rings. The van der Waals surface area contributed by atoms with Gasteiger partial charge in [-0.25, -0.2) is 8.42 Å². The van der Waals surface area contributed by atoms with Crippen molar-refractivity contribution in [2.45, 2.75) is 44.2 Å². The van der Waals surface area contributed by atoms with Crippen LogP contribution in [-0.4, -0.2) is 43.7 Å². The van der Waals surface area contributed by atoms with Gasteiger partial charge in [-0.05, 0) is 43.9 Å². The van der Waals surface area contributed by atoms with E-state index in [4.69, 9.17) is 4.74 Å². The molecule has 2 aliphatic heterocycles. The van der Waals surface area contributed by atoms with Crippen molar-refractivity contribution >= 4 is 27.5 Å². The molecule has 2 atom stereocenters. The molecular formula is C23H27N3O5S. The maximum atomic E-state index is 13.4. The molecule has 2 aliphatic rings. The molecule has 0 unspecified atom stereocenters. The molecule has 4 rings (SSSR count). The molecule has 0 radical (unpaired) electrons. The Morgan fingerprint density at radius 1 is 1.25 bits per heavy atom. The monoisotopic (exact) mass is 457 g/mol. The molecule has 0 aliphatic carbocycles. The summed E-state index contributed by atoms with van der Waals surface area (Å²) in [6.07, 6.45) is 0.548. The van der Waals surface area contributed by atoms with E-state index in [0.29, 0.717) is 42.9 Å². The molecule has 2 heterocycles. The number of nitrogens with zero attached hydrogens (tertiary/aromatic N) is 1. The van der Waals surface area contributed by atoms with Gasteiger partial charge >= 0.3 is 0 Å². The second-order valence-electron chi connectivity index (χ2n) is 8.27. The Labute approximate surface area is 188 Å². The summed E-state index contributed by atoms with van der Waals surface area (Å²) in [5.41, 5.74) is 1.96. The molecule has 170 valence electrons. The maximum Gasteiger partial charge on any atom is 0.265 e. The van der Waals surface area contributed by atoms with Gasteiger partial charge in [0.15, 0.2) is 6.10 Å². The molecule has 2 N–H and O–H groups in total. The fourth-order valence-corrected chi connectivity index (χ4v) is 5.81. The van der Waals surface area contributed by atoms with Crippen LogP contribution in [0.3, 0.4) is 0 Å². The van der Waals surface area contributed by atoms with E-state index in [9.17, 15) is 18.0 Å². The van der Waals surface area contributed by atoms with Crippen molar-refractivity contribution < 1.29 is 22.7 Å². The Morgan fingerprint density at radius 3 is 2.75 bits per heavy atom. The molecule has 1 fully saturated rings. The first-order chi connectivity index (χ1) is 15.3. The molecular weight excluding hydrogens is 430 g/mol. The van der Waals surface area contributed by atoms with Gasteiger partial charge in [-0.3, -0.25) is 9.59 Å². The van der Waals surface area contributed by atoms with Crippen LogP contribution in [0.15, 0.2) is 47.4 Å². The predicted octanol–water partition coefficient (Wildman–Crippen LogP) is 2.43. The fraction of sp³-hybridized carbons (Fsp3) is 0.391. The van der Waals surface area contributed by atoms with Crippen LogP contribution in [0.5, 0.6) is 5.75 Å². The van der Waals surface area contributed by atoms with E-state index in [1.807, 2.05) is 30.3 Å². The lowest BCUT2D eigenvalue weighted by Gasteiger charge is -2.32. The lowest BCUT2D eigenvalue weighted by atomic mass is 9.99. The number of benzene rings is 2. The molecule has 0 aromatic heterocycles. The Hall–Kier alpha value is -2.91. The molecule has 2 aromatic carbocycles. The topological polar surface area (TPSA) is 105 Å². The lowest BCUT2D eigenvalue weighted by Crippen LogP contribution is -2.45. The summed E-state index contributed by atoms with van der Waals surface area (Å²) >= 11 is 0. The van der Waals surface area contributed by atoms with E-state index in [1.165, 1.54) is 10.4 Å². The van der Waals surface area contributed by atoms with Crippen LogP contribution in [0.1, 0.15) is 30.9 Å². The van der Waals surface area contributed by atoms with Gasteiger partial charge in [0, 0.05) is 25.7 Å². The Bertz CT molecular complexity index is 1130. The third-order valence-corrected chi connectivity index (χ3v) is 7.90. The van der Waals surface area contributed by atoms with Crippen molar-refractivity contribution in [1.82, 2.24) is 9.62 Å². The second kappa shape index (κ2) is 8.91. The number of hydrogen-bond donors (Lipinski definition) is 2. The summed E-state index contributed by atoms with van der Waals surface area (Å²) in [6, 6.07) is 12.7. The number of carbonyl (C=O) groups excluding carboxylic acids is 2. The molecule has 9 heteroatoms. The van der Waals surface area contributed by atoms with Crippen LogP contribution in [-0.2, 0) is 26.2 Å². The van der Waals surface area contributed by atoms with E-state index < -0.39 is 22.0 Å². The van der Waals surface area contributed by atoms with E-state index >= 15 is 0 Å². The molecule has 0 saturated carbocycles. The molecule has 8 nitrogen and oxygen atoms in total. The number of piperidine rings is 1. The van der Waals surface area contributed by atoms with Gasteiger partial charge < -0.3 is 15.4 Å². The first-order valence-corrected chi connectivity index (χ1v) is 12.1. The van der Waals surface area contributed by atoms with E-state index in [0.717, 1.165) is 5.56 Å². The van der Waals surface area contributed by atoms with Gasteiger partial charge in [-0.15, -0.1) is 0 Å². The minimum atomic E-state index is -3.83. The number of ether oxygens (including phenoxy) is 1. The normalized spacial score (nSPS) is 21.2. The quantitative estimate of drug-likeness (QED) is 0.718. The highest BCUT2D eigenvalue weighted by Gasteiger charge is 2.35. The average molecular weight is 458 g/mol. The SMILES string of the molecule is Cc1cc2c(cc1S(=O)(=O)N1CCC[C@@H](C(=O)NCc3ccccc3)C1)O[C@@H](C)C(=O)N2. The van der Waals surface area contributed by atoms with E-state index in [2.05, 4.69) is 10.6 Å². The highest BCUT2D eigenvalue weighted by Crippen LogP contribution is 2.36. The maximum absolute atomic E-state index is 13.4. The number of amides is 2. The number of aryl methyl sites for hydroxylation is 1. The minimum Gasteiger partial charge on any atom is -0.479 e. The van der Waals surface area contributed by atoms with Gasteiger partial charge in [-0.1, -0.05) is 30.3 Å². The number of fused-ring (bicyclic) bond motifs is 1. The third kappa shape index (κ3) is 4.49. The molecule has 1 saturated heterocycles. The summed E-state index contributed by atoms with van der Waals surface area (Å²) in [7, 11) is -3.83. The summed E-state index contributed by atoms with van der Waals surface area (Å²) in [6.45, 7) is 4.19. The van der Waals surface area contributed by atoms with Crippen LogP contribution in [0.25, 0.3) is 0 Å². The fourth-order valence-electron chi connectivity index (χ4n) is 4.06. The number of nitrogens with one attached hydrogen (secondary N) is 2. The lowest BCUT2D eigenvalue weighted by molar-refractivity contribution is -0.126. The van der Waals surface area contributed by atoms with Gasteiger partial charge in [0.2, 0.25) is 15.9 Å². The Morgan fingerprint density at radius 2 is 2.00 bits per heavy atom. The van der Waals surface area contributed by atoms with Crippen LogP contribution in [0.4, 0.5) is 5.69 Å². The highest BCUT2D eigenvalue weighted by molar-refractivity contribution is 7.89. The number of rotatable bonds is 5. The Balaban J connectivity index is 1.50. The molecule has 32 heavy (non-hydrogen) atoms. The van der Waals surface area contributed by atoms with Crippen molar-refractivity contribution in [3.05, 3.63) is 53.6 Å². The average Bonchev–Trinajstić information content (AvgIpc) is 2.79. The van der Waals surface area contributed by atoms with Crippen molar-refractivity contribution in [2.24, 2.45) is 5.92 Å². The van der Waals surface area contributed by atoms with Crippen LogP contribution < -0.4 is 15.4 Å². The Kier molecular flexibility index (Phi) is 6.21. The van der Waals surface area contributed by atoms with E-state index in [-0.39, 0.29) is 23.3 Å². The zero-order valence-corrected chi connectivity index (χ0v) is 18.9. The third-order valence-electron chi connectivity index (χ3n) is 5.89. The van der Waals surface area contributed by atoms with Crippen molar-refractivity contribution in [1.29, 1.82) is 0 Å². The predicted molar refractivity (Wildman–Crippen MR) is 120 cm³/mol. The number of anilines is 1. The number of hydrogen-bond acceptors (Lipinski definition) is 5. The highest BCUT2D eigenvalue weighted by atomic mass is 32.2. The smallest absolute Gasteiger partial charge is 0.265 e. The summed E-state index contributed by atoms with van der Waals surface area (Å²) < 4.78 is 33.9. The standard InChI is InChI=1S/C23H27N3O5S/c1-15-11-19-20(31-16(2)22(27)25-19)12-21(15)32(29,30)26-10-6-9-18(14-26)23(28)24-13-17-7-4-3-5-8-17/h3-5,7-8,11-12,16,18H,6,9-10,13-14H2,1-2H3,(H,24,28)(H,25,27)/t16-,18+/m0/s1. The number of sulfonamides is 1. The summed E-state index contributed by atoms with van der Waals surface area (Å²) in [5, 5.41) is 5.65. The van der Waals surface area contributed by atoms with Gasteiger partial charge in [0.05, 0.1) is 16.5 Å². The van der Waals surface area contributed by atoms with Crippen LogP contribution in [0, 0.1) is 12.8 Å². The molecule has 0 spiro atoms. The minimum absolute atomic E-state index is 0.130. The van der Waals surface area contributed by atoms with Crippen molar-refractivity contribution in [2.75, 3.05) is 18.4 Å². The zero-order valence-electron chi connectivity index (χ0n) is 18.1. The molecule has 0 bridgehead atoms. The van der Waals surface area contributed by atoms with E-state index in [1.54, 1.807) is 19.9 Å². The molecule has 2 amide bonds. The van der Waals surface area contributed by atoms with Crippen molar-refractivity contribution in [3.8, 4) is 5.75 Å². The van der Waals surface area contributed by atoms with Crippen LogP contribution >= 0.6 is 0 Å². The number of carbonyl (C=O) groups is 2. The van der Waals surface area contributed by atoms with Gasteiger partial charge in [0.25, 0.3) is 5.91 Å². The largest absolute Gasteiger partial charge is 0.479 e. The second-order valence-corrected chi connectivity index (χ2v) is 10.2. The summed E-state index contributed by atoms with van der Waals surface area (Å²) in [5.74, 6) is -0.491. The first kappa shape index (κ1) is 22.3. The van der Waals surface area contributed by atoms with Gasteiger partial charge in [0.1, 0.15) is 5.75 Å². The summed E-state index contributed by atoms with van der Waals surface area (Å²) in [4.78, 5) is 24.7. The van der Waals surface area contributed by atoms with Crippen molar-refractivity contribution in [3.63, 3.8) is 0 Å². The zero-order chi connectivity index (χ0) is 22.9. The van der Waals surface area contributed by atoms with Gasteiger partial charge in [-0.2, -0.15) is 4.31 Å². The van der Waals surface area contributed by atoms with Crippen LogP contribution in [0.2, 0.25) is 0 Å². The first-order valence-electron chi connectivity index (χ1n) is 10.7.